The van der Waals surface area contributed by atoms with Crippen molar-refractivity contribution in [3.05, 3.63) is 23.9 Å². The van der Waals surface area contributed by atoms with Gasteiger partial charge in [0.25, 0.3) is 0 Å². The first-order valence-corrected chi connectivity index (χ1v) is 5.00. The maximum atomic E-state index is 8.67. The minimum Gasteiger partial charge on any atom is -0.396 e. The topological polar surface area (TPSA) is 68.9 Å². The van der Waals surface area contributed by atoms with Gasteiger partial charge in [0, 0.05) is 18.8 Å². The zero-order valence-corrected chi connectivity index (χ0v) is 8.77. The van der Waals surface area contributed by atoms with E-state index in [0.29, 0.717) is 5.56 Å². The Bertz CT molecular complexity index is 329. The first-order chi connectivity index (χ1) is 7.26. The normalized spacial score (nSPS) is 11.8. The van der Waals surface area contributed by atoms with E-state index in [2.05, 4.69) is 10.3 Å². The molecular formula is C11H15N3O. The number of nitrogens with zero attached hydrogens (tertiary/aromatic N) is 2. The van der Waals surface area contributed by atoms with Crippen molar-refractivity contribution in [3.8, 4) is 6.07 Å². The molecule has 0 bridgehead atoms. The molecular weight excluding hydrogens is 190 g/mol. The van der Waals surface area contributed by atoms with E-state index >= 15 is 0 Å². The van der Waals surface area contributed by atoms with E-state index in [9.17, 15) is 0 Å². The summed E-state index contributed by atoms with van der Waals surface area (Å²) in [5, 5.41) is 20.5. The van der Waals surface area contributed by atoms with Crippen LogP contribution in [0.5, 0.6) is 0 Å². The zero-order valence-electron chi connectivity index (χ0n) is 8.77. The van der Waals surface area contributed by atoms with Crippen LogP contribution in [0.3, 0.4) is 0 Å². The molecule has 0 radical (unpaired) electrons. The van der Waals surface area contributed by atoms with Crippen LogP contribution in [0.4, 0.5) is 5.82 Å². The molecule has 1 aromatic heterocycles. The summed E-state index contributed by atoms with van der Waals surface area (Å²) in [5.41, 5.74) is 0.559. The molecule has 1 unspecified atom stereocenters. The van der Waals surface area contributed by atoms with Crippen molar-refractivity contribution in [2.75, 3.05) is 11.9 Å². The van der Waals surface area contributed by atoms with Crippen LogP contribution in [0, 0.1) is 11.3 Å². The Morgan fingerprint density at radius 2 is 2.40 bits per heavy atom. The van der Waals surface area contributed by atoms with Crippen LogP contribution in [-0.4, -0.2) is 22.7 Å². The molecule has 4 nitrogen and oxygen atoms in total. The Morgan fingerprint density at radius 3 is 2.93 bits per heavy atom. The van der Waals surface area contributed by atoms with Gasteiger partial charge in [-0.3, -0.25) is 0 Å². The smallest absolute Gasteiger partial charge is 0.126 e. The number of aliphatic hydroxyl groups is 1. The van der Waals surface area contributed by atoms with Crippen molar-refractivity contribution in [1.82, 2.24) is 4.98 Å². The lowest BCUT2D eigenvalue weighted by molar-refractivity contribution is 0.282. The molecule has 0 saturated heterocycles. The number of hydrogen-bond acceptors (Lipinski definition) is 4. The molecule has 0 aliphatic heterocycles. The fourth-order valence-corrected chi connectivity index (χ4v) is 1.27. The monoisotopic (exact) mass is 205 g/mol. The van der Waals surface area contributed by atoms with Gasteiger partial charge in [0.1, 0.15) is 11.9 Å². The SMILES string of the molecule is CC(CCCO)Nc1ccc(C#N)cn1. The van der Waals surface area contributed by atoms with Crippen molar-refractivity contribution in [1.29, 1.82) is 5.26 Å². The molecule has 2 N–H and O–H groups in total. The molecule has 80 valence electrons. The number of anilines is 1. The highest BCUT2D eigenvalue weighted by molar-refractivity contribution is 5.39. The van der Waals surface area contributed by atoms with Gasteiger partial charge in [0.05, 0.1) is 5.56 Å². The minimum absolute atomic E-state index is 0.215. The van der Waals surface area contributed by atoms with E-state index in [-0.39, 0.29) is 12.6 Å². The fourth-order valence-electron chi connectivity index (χ4n) is 1.27. The second-order valence-electron chi connectivity index (χ2n) is 3.46. The van der Waals surface area contributed by atoms with Gasteiger partial charge < -0.3 is 10.4 Å². The van der Waals surface area contributed by atoms with E-state index in [0.717, 1.165) is 18.7 Å². The minimum atomic E-state index is 0.215. The first-order valence-electron chi connectivity index (χ1n) is 5.00. The summed E-state index contributed by atoms with van der Waals surface area (Å²) < 4.78 is 0. The summed E-state index contributed by atoms with van der Waals surface area (Å²) in [6, 6.07) is 5.81. The van der Waals surface area contributed by atoms with Gasteiger partial charge in [-0.25, -0.2) is 4.98 Å². The molecule has 0 aliphatic rings. The number of nitriles is 1. The number of aliphatic hydroxyl groups excluding tert-OH is 1. The van der Waals surface area contributed by atoms with Crippen molar-refractivity contribution in [3.63, 3.8) is 0 Å². The molecule has 1 aromatic rings. The maximum absolute atomic E-state index is 8.67. The van der Waals surface area contributed by atoms with Gasteiger partial charge in [-0.15, -0.1) is 0 Å². The van der Waals surface area contributed by atoms with Crippen LogP contribution in [0.1, 0.15) is 25.3 Å². The Kier molecular flexibility index (Phi) is 4.58. The van der Waals surface area contributed by atoms with Crippen LogP contribution < -0.4 is 5.32 Å². The predicted molar refractivity (Wildman–Crippen MR) is 58.4 cm³/mol. The average Bonchev–Trinajstić information content (AvgIpc) is 2.27. The average molecular weight is 205 g/mol. The van der Waals surface area contributed by atoms with E-state index in [4.69, 9.17) is 10.4 Å². The highest BCUT2D eigenvalue weighted by Crippen LogP contribution is 2.08. The highest BCUT2D eigenvalue weighted by Gasteiger charge is 2.02. The fraction of sp³-hybridized carbons (Fsp3) is 0.455. The second kappa shape index (κ2) is 5.99. The molecule has 0 spiro atoms. The maximum Gasteiger partial charge on any atom is 0.126 e. The zero-order chi connectivity index (χ0) is 11.1. The molecule has 4 heteroatoms. The van der Waals surface area contributed by atoms with Gasteiger partial charge in [-0.1, -0.05) is 0 Å². The largest absolute Gasteiger partial charge is 0.396 e. The van der Waals surface area contributed by atoms with Crippen LogP contribution >= 0.6 is 0 Å². The quantitative estimate of drug-likeness (QED) is 0.764. The number of rotatable bonds is 5. The first kappa shape index (κ1) is 11.5. The van der Waals surface area contributed by atoms with Crippen LogP contribution in [0.2, 0.25) is 0 Å². The van der Waals surface area contributed by atoms with Gasteiger partial charge in [0.2, 0.25) is 0 Å². The Labute approximate surface area is 89.6 Å². The molecule has 1 rings (SSSR count). The summed E-state index contributed by atoms with van der Waals surface area (Å²) >= 11 is 0. The van der Waals surface area contributed by atoms with Gasteiger partial charge in [-0.2, -0.15) is 5.26 Å². The van der Waals surface area contributed by atoms with Crippen LogP contribution in [0.25, 0.3) is 0 Å². The number of aromatic nitrogens is 1. The number of hydrogen-bond donors (Lipinski definition) is 2. The third-order valence-corrected chi connectivity index (χ3v) is 2.08. The van der Waals surface area contributed by atoms with E-state index in [1.54, 1.807) is 18.3 Å². The van der Waals surface area contributed by atoms with Crippen molar-refractivity contribution in [2.45, 2.75) is 25.8 Å². The van der Waals surface area contributed by atoms with Crippen LogP contribution in [0.15, 0.2) is 18.3 Å². The van der Waals surface area contributed by atoms with Gasteiger partial charge >= 0.3 is 0 Å². The van der Waals surface area contributed by atoms with Crippen molar-refractivity contribution >= 4 is 5.82 Å². The summed E-state index contributed by atoms with van der Waals surface area (Å²) in [4.78, 5) is 4.10. The molecule has 1 atom stereocenters. The lowest BCUT2D eigenvalue weighted by atomic mass is 10.2. The van der Waals surface area contributed by atoms with Crippen molar-refractivity contribution < 1.29 is 5.11 Å². The molecule has 0 fully saturated rings. The summed E-state index contributed by atoms with van der Waals surface area (Å²) in [5.74, 6) is 0.763. The Hall–Kier alpha value is -1.60. The Morgan fingerprint density at radius 1 is 1.60 bits per heavy atom. The lowest BCUT2D eigenvalue weighted by Gasteiger charge is -2.13. The summed E-state index contributed by atoms with van der Waals surface area (Å²) in [7, 11) is 0. The molecule has 15 heavy (non-hydrogen) atoms. The van der Waals surface area contributed by atoms with Crippen LogP contribution in [-0.2, 0) is 0 Å². The second-order valence-corrected chi connectivity index (χ2v) is 3.46. The van der Waals surface area contributed by atoms with E-state index < -0.39 is 0 Å². The summed E-state index contributed by atoms with van der Waals surface area (Å²) in [6.45, 7) is 2.25. The molecule has 0 saturated carbocycles. The van der Waals surface area contributed by atoms with Gasteiger partial charge in [-0.05, 0) is 31.9 Å². The highest BCUT2D eigenvalue weighted by atomic mass is 16.2. The summed E-state index contributed by atoms with van der Waals surface area (Å²) in [6.07, 6.45) is 3.23. The number of nitrogens with one attached hydrogen (secondary N) is 1. The molecule has 0 aliphatic carbocycles. The molecule has 1 heterocycles. The van der Waals surface area contributed by atoms with E-state index in [1.165, 1.54) is 0 Å². The number of pyridine rings is 1. The standard InChI is InChI=1S/C11H15N3O/c1-9(3-2-6-15)14-11-5-4-10(7-12)8-13-11/h4-5,8-9,15H,2-3,6H2,1H3,(H,13,14). The van der Waals surface area contributed by atoms with Crippen molar-refractivity contribution in [2.24, 2.45) is 0 Å². The Balaban J connectivity index is 2.47. The molecule has 0 amide bonds. The molecule has 0 aromatic carbocycles. The third-order valence-electron chi connectivity index (χ3n) is 2.08. The lowest BCUT2D eigenvalue weighted by Crippen LogP contribution is -2.16. The van der Waals surface area contributed by atoms with E-state index in [1.807, 2.05) is 13.0 Å². The third kappa shape index (κ3) is 3.96. The van der Waals surface area contributed by atoms with Gasteiger partial charge in [0.15, 0.2) is 0 Å². The predicted octanol–water partition coefficient (Wildman–Crippen LogP) is 1.53.